The Hall–Kier alpha value is -1.07. The second kappa shape index (κ2) is 10.2. The average molecular weight is 386 g/mol. The van der Waals surface area contributed by atoms with Gasteiger partial charge in [-0.3, -0.25) is 9.69 Å². The van der Waals surface area contributed by atoms with Gasteiger partial charge in [-0.15, -0.1) is 24.8 Å². The molecule has 2 fully saturated rings. The van der Waals surface area contributed by atoms with E-state index in [1.807, 2.05) is 11.0 Å². The predicted octanol–water partition coefficient (Wildman–Crippen LogP) is 2.83. The van der Waals surface area contributed by atoms with Crippen LogP contribution in [0.15, 0.2) is 36.4 Å². The molecule has 0 aromatic heterocycles. The largest absolute Gasteiger partial charge is 0.339 e. The zero-order chi connectivity index (χ0) is 16.1. The van der Waals surface area contributed by atoms with E-state index < -0.39 is 0 Å². The van der Waals surface area contributed by atoms with Crippen LogP contribution in [-0.2, 0) is 4.79 Å². The molecule has 2 saturated heterocycles. The smallest absolute Gasteiger partial charge is 0.242 e. The van der Waals surface area contributed by atoms with Gasteiger partial charge in [0.05, 0.1) is 5.54 Å². The van der Waals surface area contributed by atoms with E-state index in [9.17, 15) is 4.79 Å². The lowest BCUT2D eigenvalue weighted by molar-refractivity contribution is -0.138. The fraction of sp³-hybridized carbons (Fsp3) is 0.526. The van der Waals surface area contributed by atoms with Crippen LogP contribution in [0.3, 0.4) is 0 Å². The molecule has 140 valence electrons. The summed E-state index contributed by atoms with van der Waals surface area (Å²) in [4.78, 5) is 17.1. The highest BCUT2D eigenvalue weighted by molar-refractivity contribution is 5.86. The SMILES string of the molecule is C[C@]1(C(=O)N2CCN(CC=Cc3ccccc3)CC2)CCCN1.Cl.Cl. The van der Waals surface area contributed by atoms with E-state index in [4.69, 9.17) is 0 Å². The van der Waals surface area contributed by atoms with Crippen LogP contribution in [0.4, 0.5) is 0 Å². The van der Waals surface area contributed by atoms with Gasteiger partial charge in [0.1, 0.15) is 0 Å². The van der Waals surface area contributed by atoms with E-state index in [1.54, 1.807) is 0 Å². The third kappa shape index (κ3) is 5.71. The van der Waals surface area contributed by atoms with Crippen LogP contribution in [0, 0.1) is 0 Å². The average Bonchev–Trinajstić information content (AvgIpc) is 3.04. The van der Waals surface area contributed by atoms with Gasteiger partial charge in [0.2, 0.25) is 5.91 Å². The molecule has 1 aromatic carbocycles. The van der Waals surface area contributed by atoms with Crippen molar-refractivity contribution in [3.05, 3.63) is 42.0 Å². The molecule has 0 saturated carbocycles. The molecule has 3 rings (SSSR count). The maximum atomic E-state index is 12.7. The van der Waals surface area contributed by atoms with E-state index in [2.05, 4.69) is 53.6 Å². The molecule has 0 radical (unpaired) electrons. The van der Waals surface area contributed by atoms with Crippen molar-refractivity contribution in [3.8, 4) is 0 Å². The summed E-state index contributed by atoms with van der Waals surface area (Å²) in [5.41, 5.74) is 0.914. The topological polar surface area (TPSA) is 35.6 Å². The molecule has 1 N–H and O–H groups in total. The van der Waals surface area contributed by atoms with E-state index in [1.165, 1.54) is 5.56 Å². The van der Waals surface area contributed by atoms with Crippen LogP contribution in [0.25, 0.3) is 6.08 Å². The summed E-state index contributed by atoms with van der Waals surface area (Å²) in [7, 11) is 0. The van der Waals surface area contributed by atoms with Gasteiger partial charge in [-0.2, -0.15) is 0 Å². The monoisotopic (exact) mass is 385 g/mol. The molecule has 4 nitrogen and oxygen atoms in total. The number of halogens is 2. The number of rotatable bonds is 4. The first kappa shape index (κ1) is 22.0. The zero-order valence-corrected chi connectivity index (χ0v) is 16.5. The summed E-state index contributed by atoms with van der Waals surface area (Å²) in [5, 5.41) is 3.38. The molecule has 0 bridgehead atoms. The molecule has 25 heavy (non-hydrogen) atoms. The van der Waals surface area contributed by atoms with Crippen LogP contribution in [0.2, 0.25) is 0 Å². The number of benzene rings is 1. The van der Waals surface area contributed by atoms with Gasteiger partial charge in [0.25, 0.3) is 0 Å². The Morgan fingerprint density at radius 1 is 1.16 bits per heavy atom. The van der Waals surface area contributed by atoms with Crippen LogP contribution < -0.4 is 5.32 Å². The standard InChI is InChI=1S/C19H27N3O.2ClH/c1-19(10-6-11-20-19)18(23)22-15-13-21(14-16-22)12-5-9-17-7-3-2-4-8-17;;/h2-5,7-9,20H,6,10-16H2,1H3;2*1H/t19-;;/m1../s1. The predicted molar refractivity (Wildman–Crippen MR) is 109 cm³/mol. The quantitative estimate of drug-likeness (QED) is 0.865. The highest BCUT2D eigenvalue weighted by Gasteiger charge is 2.39. The van der Waals surface area contributed by atoms with E-state index >= 15 is 0 Å². The van der Waals surface area contributed by atoms with Crippen LogP contribution in [0.5, 0.6) is 0 Å². The normalized spacial score (nSPS) is 24.0. The maximum Gasteiger partial charge on any atom is 0.242 e. The van der Waals surface area contributed by atoms with Crippen molar-refractivity contribution in [1.29, 1.82) is 0 Å². The molecule has 0 spiro atoms. The lowest BCUT2D eigenvalue weighted by Crippen LogP contribution is -2.57. The molecular formula is C19H29Cl2N3O. The van der Waals surface area contributed by atoms with Crippen molar-refractivity contribution in [2.45, 2.75) is 25.3 Å². The number of amides is 1. The third-order valence-electron chi connectivity index (χ3n) is 4.97. The Labute approximate surface area is 163 Å². The number of carbonyl (C=O) groups excluding carboxylic acids is 1. The van der Waals surface area contributed by atoms with Crippen molar-refractivity contribution in [3.63, 3.8) is 0 Å². The Morgan fingerprint density at radius 2 is 1.84 bits per heavy atom. The van der Waals surface area contributed by atoms with Gasteiger partial charge < -0.3 is 10.2 Å². The van der Waals surface area contributed by atoms with E-state index in [0.717, 1.165) is 52.1 Å². The number of nitrogens with one attached hydrogen (secondary N) is 1. The first-order valence-electron chi connectivity index (χ1n) is 8.66. The summed E-state index contributed by atoms with van der Waals surface area (Å²) in [5.74, 6) is 0.287. The summed E-state index contributed by atoms with van der Waals surface area (Å²) in [6, 6.07) is 10.4. The molecule has 0 aliphatic carbocycles. The molecule has 6 heteroatoms. The lowest BCUT2D eigenvalue weighted by atomic mass is 9.98. The molecule has 1 aromatic rings. The number of nitrogens with zero attached hydrogens (tertiary/aromatic N) is 2. The van der Waals surface area contributed by atoms with E-state index in [0.29, 0.717) is 0 Å². The second-order valence-electron chi connectivity index (χ2n) is 6.77. The fourth-order valence-electron chi connectivity index (χ4n) is 3.46. The summed E-state index contributed by atoms with van der Waals surface area (Å²) in [6.45, 7) is 7.57. The highest BCUT2D eigenvalue weighted by atomic mass is 35.5. The lowest BCUT2D eigenvalue weighted by Gasteiger charge is -2.38. The van der Waals surface area contributed by atoms with Crippen LogP contribution in [0.1, 0.15) is 25.3 Å². The summed E-state index contributed by atoms with van der Waals surface area (Å²) in [6.07, 6.45) is 6.45. The molecule has 2 aliphatic rings. The van der Waals surface area contributed by atoms with Crippen LogP contribution in [-0.4, -0.2) is 60.5 Å². The minimum Gasteiger partial charge on any atom is -0.339 e. The van der Waals surface area contributed by atoms with Gasteiger partial charge in [-0.1, -0.05) is 42.5 Å². The fourth-order valence-corrected chi connectivity index (χ4v) is 3.46. The minimum atomic E-state index is -0.324. The summed E-state index contributed by atoms with van der Waals surface area (Å²) >= 11 is 0. The van der Waals surface area contributed by atoms with Gasteiger partial charge in [0, 0.05) is 32.7 Å². The number of hydrogen-bond acceptors (Lipinski definition) is 3. The molecular weight excluding hydrogens is 357 g/mol. The van der Waals surface area contributed by atoms with Crippen molar-refractivity contribution in [1.82, 2.24) is 15.1 Å². The van der Waals surface area contributed by atoms with Gasteiger partial charge in [-0.05, 0) is 31.9 Å². The van der Waals surface area contributed by atoms with Gasteiger partial charge in [-0.25, -0.2) is 0 Å². The molecule has 2 heterocycles. The minimum absolute atomic E-state index is 0. The van der Waals surface area contributed by atoms with Gasteiger partial charge >= 0.3 is 0 Å². The molecule has 1 amide bonds. The van der Waals surface area contributed by atoms with Crippen molar-refractivity contribution < 1.29 is 4.79 Å². The Bertz CT molecular complexity index is 551. The maximum absolute atomic E-state index is 12.7. The first-order valence-corrected chi connectivity index (χ1v) is 8.66. The third-order valence-corrected chi connectivity index (χ3v) is 4.97. The first-order chi connectivity index (χ1) is 11.2. The Morgan fingerprint density at radius 3 is 2.44 bits per heavy atom. The van der Waals surface area contributed by atoms with Crippen LogP contribution >= 0.6 is 24.8 Å². The molecule has 2 aliphatic heterocycles. The molecule has 0 unspecified atom stereocenters. The Balaban J connectivity index is 0.00000156. The number of carbonyl (C=O) groups is 1. The number of hydrogen-bond donors (Lipinski definition) is 1. The van der Waals surface area contributed by atoms with Gasteiger partial charge in [0.15, 0.2) is 0 Å². The Kier molecular flexibility index (Phi) is 8.94. The second-order valence-corrected chi connectivity index (χ2v) is 6.77. The zero-order valence-electron chi connectivity index (χ0n) is 14.8. The highest BCUT2D eigenvalue weighted by Crippen LogP contribution is 2.22. The van der Waals surface area contributed by atoms with Crippen molar-refractivity contribution in [2.24, 2.45) is 0 Å². The molecule has 1 atom stereocenters. The van der Waals surface area contributed by atoms with Crippen molar-refractivity contribution in [2.75, 3.05) is 39.3 Å². The van der Waals surface area contributed by atoms with E-state index in [-0.39, 0.29) is 36.3 Å². The van der Waals surface area contributed by atoms with Crippen molar-refractivity contribution >= 4 is 36.8 Å². The number of piperazine rings is 1. The summed E-state index contributed by atoms with van der Waals surface area (Å²) < 4.78 is 0.